The number of anilines is 1. The molecule has 1 N–H and O–H groups in total. The number of halogens is 2. The molecule has 118 valence electrons. The van der Waals surface area contributed by atoms with Crippen molar-refractivity contribution < 1.29 is 13.9 Å². The summed E-state index contributed by atoms with van der Waals surface area (Å²) in [6, 6.07) is 12.3. The molecule has 0 aliphatic carbocycles. The Morgan fingerprint density at radius 1 is 1.30 bits per heavy atom. The van der Waals surface area contributed by atoms with Gasteiger partial charge in [0.15, 0.2) is 0 Å². The average Bonchev–Trinajstić information content (AvgIpc) is 2.56. The topological polar surface area (TPSA) is 38.3 Å². The van der Waals surface area contributed by atoms with Crippen molar-refractivity contribution >= 4 is 40.7 Å². The number of hydrogen-bond acceptors (Lipinski definition) is 4. The number of carbonyl (C=O) groups excluding carboxylic acids is 1. The first-order valence-corrected chi connectivity index (χ1v) is 8.20. The number of benzene rings is 2. The Hall–Kier alpha value is -1.98. The molecule has 0 bridgehead atoms. The van der Waals surface area contributed by atoms with Crippen LogP contribution in [0.5, 0.6) is 0 Å². The lowest BCUT2D eigenvalue weighted by Crippen LogP contribution is -2.15. The smallest absolute Gasteiger partial charge is 0.347 e. The lowest BCUT2D eigenvalue weighted by molar-refractivity contribution is -0.137. The van der Waals surface area contributed by atoms with E-state index in [2.05, 4.69) is 5.32 Å². The van der Waals surface area contributed by atoms with E-state index >= 15 is 0 Å². The SMILES string of the molecule is CCOC(=O)C1=C(c2ccccc2)Nc2cc(Cl)c(F)cc2S1. The fourth-order valence-corrected chi connectivity index (χ4v) is 3.39. The van der Waals surface area contributed by atoms with Crippen molar-refractivity contribution in [1.29, 1.82) is 0 Å². The predicted molar refractivity (Wildman–Crippen MR) is 90.9 cm³/mol. The van der Waals surface area contributed by atoms with Gasteiger partial charge < -0.3 is 10.1 Å². The van der Waals surface area contributed by atoms with Gasteiger partial charge in [-0.3, -0.25) is 0 Å². The highest BCUT2D eigenvalue weighted by Gasteiger charge is 2.26. The molecule has 1 aliphatic rings. The molecule has 23 heavy (non-hydrogen) atoms. The minimum absolute atomic E-state index is 0.0313. The van der Waals surface area contributed by atoms with Crippen LogP contribution in [0.1, 0.15) is 12.5 Å². The first-order chi connectivity index (χ1) is 11.1. The van der Waals surface area contributed by atoms with Gasteiger partial charge in [-0.15, -0.1) is 0 Å². The van der Waals surface area contributed by atoms with Crippen LogP contribution in [-0.4, -0.2) is 12.6 Å². The normalized spacial score (nSPS) is 13.3. The molecule has 0 unspecified atom stereocenters. The third kappa shape index (κ3) is 3.21. The average molecular weight is 350 g/mol. The Balaban J connectivity index is 2.10. The number of ether oxygens (including phenoxy) is 1. The summed E-state index contributed by atoms with van der Waals surface area (Å²) in [5.41, 5.74) is 2.13. The number of thioether (sulfide) groups is 1. The molecule has 0 spiro atoms. The van der Waals surface area contributed by atoms with Gasteiger partial charge in [0.1, 0.15) is 10.7 Å². The lowest BCUT2D eigenvalue weighted by atomic mass is 10.1. The van der Waals surface area contributed by atoms with Gasteiger partial charge in [-0.1, -0.05) is 53.7 Å². The maximum Gasteiger partial charge on any atom is 0.347 e. The van der Waals surface area contributed by atoms with E-state index in [9.17, 15) is 9.18 Å². The molecule has 0 aromatic heterocycles. The Bertz CT molecular complexity index is 793. The van der Waals surface area contributed by atoms with E-state index in [0.29, 0.717) is 21.2 Å². The Labute approximate surface area is 142 Å². The maximum absolute atomic E-state index is 13.7. The van der Waals surface area contributed by atoms with E-state index in [0.717, 1.165) is 5.56 Å². The van der Waals surface area contributed by atoms with Crippen molar-refractivity contribution in [2.75, 3.05) is 11.9 Å². The van der Waals surface area contributed by atoms with Crippen LogP contribution in [0.3, 0.4) is 0 Å². The van der Waals surface area contributed by atoms with Gasteiger partial charge in [0.05, 0.1) is 23.0 Å². The summed E-state index contributed by atoms with van der Waals surface area (Å²) in [5.74, 6) is -0.962. The molecule has 0 fully saturated rings. The molecule has 0 atom stereocenters. The van der Waals surface area contributed by atoms with Crippen molar-refractivity contribution in [2.45, 2.75) is 11.8 Å². The molecular formula is C17H13ClFNO2S. The Kier molecular flexibility index (Phi) is 4.59. The fourth-order valence-electron chi connectivity index (χ4n) is 2.21. The highest BCUT2D eigenvalue weighted by Crippen LogP contribution is 2.44. The summed E-state index contributed by atoms with van der Waals surface area (Å²) in [6.45, 7) is 2.02. The molecule has 2 aromatic rings. The molecule has 6 heteroatoms. The highest BCUT2D eigenvalue weighted by molar-refractivity contribution is 8.04. The van der Waals surface area contributed by atoms with Gasteiger partial charge in [-0.05, 0) is 24.6 Å². The lowest BCUT2D eigenvalue weighted by Gasteiger charge is -2.23. The molecule has 1 heterocycles. The van der Waals surface area contributed by atoms with Crippen molar-refractivity contribution in [1.82, 2.24) is 0 Å². The minimum atomic E-state index is -0.522. The fraction of sp³-hybridized carbons (Fsp3) is 0.118. The summed E-state index contributed by atoms with van der Waals surface area (Å²) >= 11 is 7.03. The monoisotopic (exact) mass is 349 g/mol. The summed E-state index contributed by atoms with van der Waals surface area (Å²) in [4.78, 5) is 13.3. The predicted octanol–water partition coefficient (Wildman–Crippen LogP) is 4.93. The van der Waals surface area contributed by atoms with Crippen molar-refractivity contribution in [3.05, 3.63) is 63.8 Å². The van der Waals surface area contributed by atoms with E-state index < -0.39 is 11.8 Å². The van der Waals surface area contributed by atoms with E-state index in [4.69, 9.17) is 16.3 Å². The van der Waals surface area contributed by atoms with Crippen molar-refractivity contribution in [2.24, 2.45) is 0 Å². The Morgan fingerprint density at radius 3 is 2.74 bits per heavy atom. The van der Waals surface area contributed by atoms with Crippen molar-refractivity contribution in [3.63, 3.8) is 0 Å². The summed E-state index contributed by atoms with van der Waals surface area (Å²) < 4.78 is 18.8. The molecule has 2 aromatic carbocycles. The van der Waals surface area contributed by atoms with Crippen LogP contribution in [0.15, 0.2) is 52.3 Å². The van der Waals surface area contributed by atoms with Crippen LogP contribution in [0.2, 0.25) is 5.02 Å². The number of fused-ring (bicyclic) bond motifs is 1. The van der Waals surface area contributed by atoms with Gasteiger partial charge in [-0.25, -0.2) is 9.18 Å². The summed E-state index contributed by atoms with van der Waals surface area (Å²) in [5, 5.41) is 3.21. The van der Waals surface area contributed by atoms with Gasteiger partial charge >= 0.3 is 5.97 Å². The van der Waals surface area contributed by atoms with Crippen LogP contribution < -0.4 is 5.32 Å². The van der Waals surface area contributed by atoms with E-state index in [-0.39, 0.29) is 11.6 Å². The first kappa shape index (κ1) is 15.9. The number of carbonyl (C=O) groups is 1. The third-order valence-corrected chi connectivity index (χ3v) is 4.67. The molecule has 0 saturated carbocycles. The van der Waals surface area contributed by atoms with Crippen LogP contribution in [-0.2, 0) is 9.53 Å². The van der Waals surface area contributed by atoms with Gasteiger partial charge in [0.2, 0.25) is 0 Å². The molecular weight excluding hydrogens is 337 g/mol. The third-order valence-electron chi connectivity index (χ3n) is 3.24. The molecule has 3 rings (SSSR count). The van der Waals surface area contributed by atoms with Gasteiger partial charge in [-0.2, -0.15) is 0 Å². The standard InChI is InChI=1S/C17H13ClFNO2S/c1-2-22-17(21)16-15(10-6-4-3-5-7-10)20-13-8-11(18)12(19)9-14(13)23-16/h3-9,20H,2H2,1H3. The van der Waals surface area contributed by atoms with Crippen LogP contribution in [0, 0.1) is 5.82 Å². The molecule has 3 nitrogen and oxygen atoms in total. The van der Waals surface area contributed by atoms with Gasteiger partial charge in [0, 0.05) is 4.90 Å². The zero-order valence-electron chi connectivity index (χ0n) is 12.2. The molecule has 0 amide bonds. The quantitative estimate of drug-likeness (QED) is 0.797. The van der Waals surface area contributed by atoms with Crippen LogP contribution in [0.25, 0.3) is 5.70 Å². The second-order valence-corrected chi connectivity index (χ2v) is 6.24. The van der Waals surface area contributed by atoms with E-state index in [1.54, 1.807) is 6.92 Å². The number of hydrogen-bond donors (Lipinski definition) is 1. The number of rotatable bonds is 3. The molecule has 0 radical (unpaired) electrons. The van der Waals surface area contributed by atoms with Crippen LogP contribution in [0.4, 0.5) is 10.1 Å². The van der Waals surface area contributed by atoms with E-state index in [1.807, 2.05) is 30.3 Å². The van der Waals surface area contributed by atoms with E-state index in [1.165, 1.54) is 23.9 Å². The minimum Gasteiger partial charge on any atom is -0.462 e. The zero-order valence-corrected chi connectivity index (χ0v) is 13.8. The highest BCUT2D eigenvalue weighted by atomic mass is 35.5. The first-order valence-electron chi connectivity index (χ1n) is 7.01. The maximum atomic E-state index is 13.7. The van der Waals surface area contributed by atoms with Crippen LogP contribution >= 0.6 is 23.4 Å². The number of nitrogens with one attached hydrogen (secondary N) is 1. The summed E-state index contributed by atoms with van der Waals surface area (Å²) in [6.07, 6.45) is 0. The summed E-state index contributed by atoms with van der Waals surface area (Å²) in [7, 11) is 0. The largest absolute Gasteiger partial charge is 0.462 e. The van der Waals surface area contributed by atoms with Gasteiger partial charge in [0.25, 0.3) is 0 Å². The Morgan fingerprint density at radius 2 is 2.04 bits per heavy atom. The second kappa shape index (κ2) is 6.64. The second-order valence-electron chi connectivity index (χ2n) is 4.78. The zero-order chi connectivity index (χ0) is 16.4. The number of esters is 1. The van der Waals surface area contributed by atoms with Crippen molar-refractivity contribution in [3.8, 4) is 0 Å². The molecule has 0 saturated heterocycles. The molecule has 1 aliphatic heterocycles.